The molecule has 0 radical (unpaired) electrons. The molecule has 2 saturated heterocycles. The van der Waals surface area contributed by atoms with Crippen LogP contribution in [0.5, 0.6) is 0 Å². The number of halogens is 1. The predicted octanol–water partition coefficient (Wildman–Crippen LogP) is 3.49. The Morgan fingerprint density at radius 1 is 1.14 bits per heavy atom. The summed E-state index contributed by atoms with van der Waals surface area (Å²) in [6.45, 7) is 7.45. The molecule has 1 unspecified atom stereocenters. The number of aromatic nitrogens is 1. The second-order valence-corrected chi connectivity index (χ2v) is 8.72. The summed E-state index contributed by atoms with van der Waals surface area (Å²) < 4.78 is 13.4. The number of likely N-dealkylation sites (tertiary alicyclic amines) is 1. The third-order valence-electron chi connectivity index (χ3n) is 6.21. The molecule has 1 spiro atoms. The van der Waals surface area contributed by atoms with Crippen LogP contribution >= 0.6 is 0 Å². The Balaban J connectivity index is 1.67. The number of hydrogen-bond donors (Lipinski definition) is 1. The highest BCUT2D eigenvalue weighted by atomic mass is 19.1. The van der Waals surface area contributed by atoms with Crippen LogP contribution in [0, 0.1) is 12.7 Å². The van der Waals surface area contributed by atoms with E-state index in [9.17, 15) is 14.0 Å². The minimum Gasteiger partial charge on any atom is -0.364 e. The number of carbonyl (C=O) groups excluding carboxylic acids is 1. The van der Waals surface area contributed by atoms with Crippen molar-refractivity contribution in [2.24, 2.45) is 0 Å². The van der Waals surface area contributed by atoms with E-state index in [0.717, 1.165) is 30.6 Å². The zero-order valence-electron chi connectivity index (χ0n) is 16.6. The Bertz CT molecular complexity index is 966. The second kappa shape index (κ2) is 6.47. The van der Waals surface area contributed by atoms with Gasteiger partial charge in [-0.15, -0.1) is 0 Å². The zero-order chi connectivity index (χ0) is 20.1. The van der Waals surface area contributed by atoms with Gasteiger partial charge in [-0.3, -0.25) is 9.59 Å². The van der Waals surface area contributed by atoms with Crippen LogP contribution in [0.1, 0.15) is 49.2 Å². The molecule has 2 aliphatic heterocycles. The molecule has 0 aliphatic carbocycles. The van der Waals surface area contributed by atoms with Gasteiger partial charge in [0.2, 0.25) is 0 Å². The number of pyridine rings is 1. The molecule has 1 N–H and O–H groups in total. The average molecular weight is 383 g/mol. The molecule has 148 valence electrons. The van der Waals surface area contributed by atoms with Crippen molar-refractivity contribution in [3.8, 4) is 0 Å². The number of anilines is 1. The average Bonchev–Trinajstić information content (AvgIpc) is 3.15. The second-order valence-electron chi connectivity index (χ2n) is 8.72. The van der Waals surface area contributed by atoms with Crippen molar-refractivity contribution < 1.29 is 9.18 Å². The molecule has 6 heteroatoms. The van der Waals surface area contributed by atoms with Crippen LogP contribution in [0.15, 0.2) is 41.2 Å². The monoisotopic (exact) mass is 383 g/mol. The fourth-order valence-corrected chi connectivity index (χ4v) is 5.02. The highest BCUT2D eigenvalue weighted by Gasteiger charge is 2.55. The third kappa shape index (κ3) is 3.01. The molecule has 0 bridgehead atoms. The molecular weight excluding hydrogens is 357 g/mol. The highest BCUT2D eigenvalue weighted by molar-refractivity contribution is 5.94. The van der Waals surface area contributed by atoms with E-state index in [4.69, 9.17) is 0 Å². The fraction of sp³-hybridized carbons (Fsp3) is 0.455. The zero-order valence-corrected chi connectivity index (χ0v) is 16.6. The topological polar surface area (TPSA) is 56.4 Å². The van der Waals surface area contributed by atoms with Crippen molar-refractivity contribution in [3.05, 3.63) is 63.8 Å². The largest absolute Gasteiger partial charge is 0.364 e. The van der Waals surface area contributed by atoms with Crippen molar-refractivity contribution in [2.45, 2.75) is 51.1 Å². The van der Waals surface area contributed by atoms with Gasteiger partial charge in [-0.2, -0.15) is 0 Å². The van der Waals surface area contributed by atoms with E-state index in [-0.39, 0.29) is 33.9 Å². The summed E-state index contributed by atoms with van der Waals surface area (Å²) in [6.07, 6.45) is 2.64. The summed E-state index contributed by atoms with van der Waals surface area (Å²) >= 11 is 0. The van der Waals surface area contributed by atoms with E-state index in [0.29, 0.717) is 13.1 Å². The summed E-state index contributed by atoms with van der Waals surface area (Å²) in [6, 6.07) is 9.92. The number of rotatable bonds is 2. The minimum atomic E-state index is -0.334. The number of nitrogens with one attached hydrogen (secondary N) is 1. The predicted molar refractivity (Wildman–Crippen MR) is 107 cm³/mol. The normalized spacial score (nSPS) is 23.6. The van der Waals surface area contributed by atoms with Gasteiger partial charge in [-0.05, 0) is 76.4 Å². The van der Waals surface area contributed by atoms with E-state index >= 15 is 0 Å². The van der Waals surface area contributed by atoms with E-state index < -0.39 is 0 Å². The van der Waals surface area contributed by atoms with Crippen LogP contribution in [0.25, 0.3) is 0 Å². The molecule has 28 heavy (non-hydrogen) atoms. The smallest absolute Gasteiger partial charge is 0.260 e. The number of benzene rings is 1. The quantitative estimate of drug-likeness (QED) is 0.864. The molecule has 1 aromatic heterocycles. The lowest BCUT2D eigenvalue weighted by Crippen LogP contribution is -2.50. The third-order valence-corrected chi connectivity index (χ3v) is 6.21. The lowest BCUT2D eigenvalue weighted by atomic mass is 9.87. The van der Waals surface area contributed by atoms with E-state index in [2.05, 4.69) is 23.7 Å². The first kappa shape index (κ1) is 18.7. The van der Waals surface area contributed by atoms with E-state index in [1.165, 1.54) is 12.1 Å². The molecule has 2 aromatic rings. The van der Waals surface area contributed by atoms with Crippen LogP contribution in [0.2, 0.25) is 0 Å². The Morgan fingerprint density at radius 2 is 1.86 bits per heavy atom. The molecular formula is C22H26FN3O2. The van der Waals surface area contributed by atoms with Gasteiger partial charge in [0.15, 0.2) is 0 Å². The fourth-order valence-electron chi connectivity index (χ4n) is 5.02. The van der Waals surface area contributed by atoms with Crippen LogP contribution in [0.3, 0.4) is 0 Å². The number of nitrogens with zero attached hydrogens (tertiary/aromatic N) is 2. The summed E-state index contributed by atoms with van der Waals surface area (Å²) in [5.41, 5.74) is 1.06. The lowest BCUT2D eigenvalue weighted by Gasteiger charge is -2.35. The van der Waals surface area contributed by atoms with Crippen LogP contribution in [0.4, 0.5) is 10.1 Å². The van der Waals surface area contributed by atoms with Crippen LogP contribution in [-0.4, -0.2) is 40.0 Å². The van der Waals surface area contributed by atoms with Gasteiger partial charge in [0.25, 0.3) is 11.5 Å². The van der Waals surface area contributed by atoms with E-state index in [1.807, 2.05) is 4.90 Å². The molecule has 1 aromatic carbocycles. The van der Waals surface area contributed by atoms with Crippen molar-refractivity contribution in [1.82, 2.24) is 9.88 Å². The molecule has 2 fully saturated rings. The molecule has 5 nitrogen and oxygen atoms in total. The maximum atomic E-state index is 13.4. The molecule has 3 heterocycles. The molecule has 1 amide bonds. The first-order chi connectivity index (χ1) is 13.2. The van der Waals surface area contributed by atoms with Gasteiger partial charge in [0.1, 0.15) is 11.4 Å². The minimum absolute atomic E-state index is 0.180. The Kier molecular flexibility index (Phi) is 4.32. The van der Waals surface area contributed by atoms with Gasteiger partial charge in [-0.1, -0.05) is 0 Å². The number of hydrogen-bond acceptors (Lipinski definition) is 3. The first-order valence-electron chi connectivity index (χ1n) is 9.77. The lowest BCUT2D eigenvalue weighted by molar-refractivity contribution is 0.0615. The van der Waals surface area contributed by atoms with Gasteiger partial charge >= 0.3 is 0 Å². The number of aryl methyl sites for hydroxylation is 1. The van der Waals surface area contributed by atoms with Crippen molar-refractivity contribution in [1.29, 1.82) is 0 Å². The first-order valence-corrected chi connectivity index (χ1v) is 9.77. The maximum Gasteiger partial charge on any atom is 0.260 e. The standard InChI is InChI=1S/C22H26FN3O2/c1-15-5-10-18(19(27)24-15)20(28)25-12-4-11-22(25)13-21(2,3)26(14-22)17-8-6-16(23)7-9-17/h5-10H,4,11-14H2,1-3H3,(H,24,27). The number of H-pyrrole nitrogens is 1. The molecule has 1 atom stereocenters. The number of carbonyl (C=O) groups is 1. The summed E-state index contributed by atoms with van der Waals surface area (Å²) in [7, 11) is 0. The highest BCUT2D eigenvalue weighted by Crippen LogP contribution is 2.47. The van der Waals surface area contributed by atoms with Crippen molar-refractivity contribution >= 4 is 11.6 Å². The van der Waals surface area contributed by atoms with Gasteiger partial charge < -0.3 is 14.8 Å². The molecule has 4 rings (SSSR count). The van der Waals surface area contributed by atoms with E-state index in [1.54, 1.807) is 31.2 Å². The maximum absolute atomic E-state index is 13.4. The molecule has 0 saturated carbocycles. The van der Waals surface area contributed by atoms with Crippen LogP contribution in [-0.2, 0) is 0 Å². The van der Waals surface area contributed by atoms with Gasteiger partial charge in [-0.25, -0.2) is 4.39 Å². The summed E-state index contributed by atoms with van der Waals surface area (Å²) in [5.74, 6) is -0.456. The summed E-state index contributed by atoms with van der Waals surface area (Å²) in [5, 5.41) is 0. The van der Waals surface area contributed by atoms with Gasteiger partial charge in [0.05, 0.1) is 5.54 Å². The number of aromatic amines is 1. The Hall–Kier alpha value is -2.63. The van der Waals surface area contributed by atoms with Crippen molar-refractivity contribution in [2.75, 3.05) is 18.0 Å². The van der Waals surface area contributed by atoms with Crippen molar-refractivity contribution in [3.63, 3.8) is 0 Å². The van der Waals surface area contributed by atoms with Crippen LogP contribution < -0.4 is 10.5 Å². The molecule has 2 aliphatic rings. The SMILES string of the molecule is Cc1ccc(C(=O)N2CCCC23CN(c2ccc(F)cc2)C(C)(C)C3)c(=O)[nH]1. The Morgan fingerprint density at radius 3 is 2.54 bits per heavy atom. The van der Waals surface area contributed by atoms with Gasteiger partial charge in [0, 0.05) is 30.0 Å². The Labute approximate surface area is 164 Å². The number of amides is 1. The summed E-state index contributed by atoms with van der Waals surface area (Å²) in [4.78, 5) is 32.5.